The van der Waals surface area contributed by atoms with Gasteiger partial charge in [0.25, 0.3) is 0 Å². The molecule has 1 aliphatic heterocycles. The molecule has 0 aromatic heterocycles. The largest absolute Gasteiger partial charge is 0.489 e. The van der Waals surface area contributed by atoms with Gasteiger partial charge in [-0.15, -0.1) is 0 Å². The number of rotatable bonds is 9. The Labute approximate surface area is 167 Å². The third-order valence-electron chi connectivity index (χ3n) is 5.29. The van der Waals surface area contributed by atoms with Crippen LogP contribution in [0, 0.1) is 5.92 Å². The molecule has 0 aliphatic carbocycles. The Morgan fingerprint density at radius 2 is 1.75 bits per heavy atom. The number of hydrogen-bond donors (Lipinski definition) is 2. The van der Waals surface area contributed by atoms with E-state index in [0.29, 0.717) is 19.8 Å². The van der Waals surface area contributed by atoms with Crippen molar-refractivity contribution >= 4 is 5.91 Å². The van der Waals surface area contributed by atoms with E-state index in [1.54, 1.807) is 12.0 Å². The lowest BCUT2D eigenvalue weighted by Crippen LogP contribution is -3.11. The molecule has 5 heteroatoms. The standard InChI is InChI=1S/C23H30N2O3/c1-27-16-13-24-23(26)21-11-14-25(15-12-21)17-19-7-9-22(10-8-19)28-18-20-5-3-2-4-6-20/h2-10,21H,11-18H2,1H3,(H,24,26)/p+1. The predicted molar refractivity (Wildman–Crippen MR) is 109 cm³/mol. The maximum Gasteiger partial charge on any atom is 0.223 e. The highest BCUT2D eigenvalue weighted by Crippen LogP contribution is 2.15. The van der Waals surface area contributed by atoms with Gasteiger partial charge in [0.2, 0.25) is 5.91 Å². The van der Waals surface area contributed by atoms with E-state index in [0.717, 1.165) is 38.2 Å². The lowest BCUT2D eigenvalue weighted by atomic mass is 9.95. The van der Waals surface area contributed by atoms with Crippen LogP contribution in [0.4, 0.5) is 0 Å². The highest BCUT2D eigenvalue weighted by atomic mass is 16.5. The Morgan fingerprint density at radius 3 is 2.43 bits per heavy atom. The fourth-order valence-electron chi connectivity index (χ4n) is 3.62. The zero-order valence-corrected chi connectivity index (χ0v) is 16.7. The number of hydrogen-bond acceptors (Lipinski definition) is 3. The van der Waals surface area contributed by atoms with Crippen molar-refractivity contribution in [2.45, 2.75) is 26.0 Å². The average Bonchev–Trinajstić information content (AvgIpc) is 2.75. The molecule has 0 atom stereocenters. The minimum absolute atomic E-state index is 0.148. The molecule has 2 N–H and O–H groups in total. The van der Waals surface area contributed by atoms with Gasteiger partial charge in [-0.05, 0) is 29.8 Å². The Kier molecular flexibility index (Phi) is 7.88. The lowest BCUT2D eigenvalue weighted by Gasteiger charge is -2.28. The summed E-state index contributed by atoms with van der Waals surface area (Å²) in [5.74, 6) is 1.22. The van der Waals surface area contributed by atoms with Crippen molar-refractivity contribution in [2.24, 2.45) is 5.92 Å². The quantitative estimate of drug-likeness (QED) is 0.650. The zero-order chi connectivity index (χ0) is 19.6. The van der Waals surface area contributed by atoms with Crippen molar-refractivity contribution in [1.29, 1.82) is 0 Å². The first kappa shape index (κ1) is 20.4. The van der Waals surface area contributed by atoms with Crippen molar-refractivity contribution < 1.29 is 19.2 Å². The predicted octanol–water partition coefficient (Wildman–Crippen LogP) is 1.82. The number of ether oxygens (including phenoxy) is 2. The summed E-state index contributed by atoms with van der Waals surface area (Å²) in [5, 5.41) is 2.96. The number of piperidine rings is 1. The van der Waals surface area contributed by atoms with Gasteiger partial charge in [0, 0.05) is 38.0 Å². The molecule has 28 heavy (non-hydrogen) atoms. The first-order valence-electron chi connectivity index (χ1n) is 10.1. The van der Waals surface area contributed by atoms with Gasteiger partial charge in [-0.2, -0.15) is 0 Å². The normalized spacial score (nSPS) is 19.2. The van der Waals surface area contributed by atoms with Gasteiger partial charge in [0.05, 0.1) is 19.7 Å². The van der Waals surface area contributed by atoms with Gasteiger partial charge in [0.1, 0.15) is 18.9 Å². The van der Waals surface area contributed by atoms with Gasteiger partial charge in [-0.25, -0.2) is 0 Å². The van der Waals surface area contributed by atoms with Crippen LogP contribution in [0.25, 0.3) is 0 Å². The van der Waals surface area contributed by atoms with Crippen molar-refractivity contribution in [1.82, 2.24) is 5.32 Å². The molecule has 2 aromatic rings. The summed E-state index contributed by atoms with van der Waals surface area (Å²) in [5.41, 5.74) is 2.48. The second kappa shape index (κ2) is 10.8. The van der Waals surface area contributed by atoms with Crippen molar-refractivity contribution in [3.8, 4) is 5.75 Å². The van der Waals surface area contributed by atoms with Gasteiger partial charge >= 0.3 is 0 Å². The number of quaternary nitrogens is 1. The van der Waals surface area contributed by atoms with E-state index in [4.69, 9.17) is 9.47 Å². The Balaban J connectivity index is 1.39. The molecule has 2 aromatic carbocycles. The van der Waals surface area contributed by atoms with Gasteiger partial charge in [-0.1, -0.05) is 30.3 Å². The summed E-state index contributed by atoms with van der Waals surface area (Å²) in [6.07, 6.45) is 1.90. The summed E-state index contributed by atoms with van der Waals surface area (Å²) in [7, 11) is 1.65. The van der Waals surface area contributed by atoms with Crippen LogP contribution in [0.5, 0.6) is 5.75 Å². The minimum Gasteiger partial charge on any atom is -0.489 e. The zero-order valence-electron chi connectivity index (χ0n) is 16.7. The Bertz CT molecular complexity index is 710. The molecule has 0 spiro atoms. The molecule has 1 fully saturated rings. The number of methoxy groups -OCH3 is 1. The van der Waals surface area contributed by atoms with Crippen LogP contribution in [0.15, 0.2) is 54.6 Å². The molecule has 1 saturated heterocycles. The molecule has 0 unspecified atom stereocenters. The van der Waals surface area contributed by atoms with Crippen LogP contribution in [-0.2, 0) is 22.7 Å². The second-order valence-corrected chi connectivity index (χ2v) is 7.40. The molecule has 1 heterocycles. The van der Waals surface area contributed by atoms with E-state index >= 15 is 0 Å². The molecule has 1 amide bonds. The minimum atomic E-state index is 0.148. The van der Waals surface area contributed by atoms with E-state index in [1.165, 1.54) is 11.1 Å². The molecule has 1 aliphatic rings. The van der Waals surface area contributed by atoms with E-state index in [1.807, 2.05) is 30.3 Å². The highest BCUT2D eigenvalue weighted by Gasteiger charge is 2.27. The van der Waals surface area contributed by atoms with Crippen LogP contribution in [0.1, 0.15) is 24.0 Å². The number of nitrogens with one attached hydrogen (secondary N) is 2. The monoisotopic (exact) mass is 383 g/mol. The van der Waals surface area contributed by atoms with Crippen LogP contribution in [0.2, 0.25) is 0 Å². The average molecular weight is 384 g/mol. The first-order chi connectivity index (χ1) is 13.7. The molecular weight excluding hydrogens is 352 g/mol. The van der Waals surface area contributed by atoms with Gasteiger partial charge in [0.15, 0.2) is 0 Å². The van der Waals surface area contributed by atoms with Crippen LogP contribution >= 0.6 is 0 Å². The van der Waals surface area contributed by atoms with Crippen LogP contribution < -0.4 is 15.0 Å². The highest BCUT2D eigenvalue weighted by molar-refractivity contribution is 5.78. The molecular formula is C23H31N2O3+. The smallest absolute Gasteiger partial charge is 0.223 e. The molecule has 0 bridgehead atoms. The first-order valence-corrected chi connectivity index (χ1v) is 10.1. The fourth-order valence-corrected chi connectivity index (χ4v) is 3.62. The summed E-state index contributed by atoms with van der Waals surface area (Å²) in [6, 6.07) is 18.6. The summed E-state index contributed by atoms with van der Waals surface area (Å²) in [4.78, 5) is 13.7. The topological polar surface area (TPSA) is 52.0 Å². The van der Waals surface area contributed by atoms with E-state index < -0.39 is 0 Å². The van der Waals surface area contributed by atoms with Crippen molar-refractivity contribution in [3.63, 3.8) is 0 Å². The van der Waals surface area contributed by atoms with Crippen molar-refractivity contribution in [2.75, 3.05) is 33.4 Å². The summed E-state index contributed by atoms with van der Waals surface area (Å²) < 4.78 is 10.8. The number of carbonyl (C=O) groups is 1. The van der Waals surface area contributed by atoms with E-state index in [-0.39, 0.29) is 11.8 Å². The fraction of sp³-hybridized carbons (Fsp3) is 0.435. The van der Waals surface area contributed by atoms with Crippen LogP contribution in [0.3, 0.4) is 0 Å². The maximum atomic E-state index is 12.1. The van der Waals surface area contributed by atoms with Gasteiger partial charge in [-0.3, -0.25) is 4.79 Å². The van der Waals surface area contributed by atoms with E-state index in [9.17, 15) is 4.79 Å². The van der Waals surface area contributed by atoms with Gasteiger partial charge < -0.3 is 19.7 Å². The Morgan fingerprint density at radius 1 is 1.04 bits per heavy atom. The SMILES string of the molecule is COCCNC(=O)C1CC[NH+](Cc2ccc(OCc3ccccc3)cc2)CC1. The summed E-state index contributed by atoms with van der Waals surface area (Å²) >= 11 is 0. The number of likely N-dealkylation sites (tertiary alicyclic amines) is 1. The molecule has 150 valence electrons. The lowest BCUT2D eigenvalue weighted by molar-refractivity contribution is -0.919. The third kappa shape index (κ3) is 6.36. The molecule has 5 nitrogen and oxygen atoms in total. The van der Waals surface area contributed by atoms with E-state index in [2.05, 4.69) is 29.6 Å². The number of carbonyl (C=O) groups excluding carboxylic acids is 1. The second-order valence-electron chi connectivity index (χ2n) is 7.40. The summed E-state index contributed by atoms with van der Waals surface area (Å²) in [6.45, 7) is 4.83. The van der Waals surface area contributed by atoms with Crippen molar-refractivity contribution in [3.05, 3.63) is 65.7 Å². The maximum absolute atomic E-state index is 12.1. The molecule has 3 rings (SSSR count). The number of benzene rings is 2. The van der Waals surface area contributed by atoms with Crippen LogP contribution in [-0.4, -0.2) is 39.3 Å². The molecule has 0 radical (unpaired) electrons. The third-order valence-corrected chi connectivity index (χ3v) is 5.29. The number of amides is 1. The molecule has 0 saturated carbocycles. The Hall–Kier alpha value is -2.37.